The van der Waals surface area contributed by atoms with E-state index in [0.717, 1.165) is 22.1 Å². The summed E-state index contributed by atoms with van der Waals surface area (Å²) in [5, 5.41) is 1.99. The van der Waals surface area contributed by atoms with Crippen LogP contribution in [0.25, 0.3) is 23.2 Å². The number of nitrogens with zero attached hydrogens (tertiary/aromatic N) is 2. The molecule has 114 valence electrons. The molecule has 0 aliphatic carbocycles. The summed E-state index contributed by atoms with van der Waals surface area (Å²) < 4.78 is 1.62. The second-order valence-corrected chi connectivity index (χ2v) is 6.07. The smallest absolute Gasteiger partial charge is 0.275 e. The molecule has 0 saturated heterocycles. The summed E-state index contributed by atoms with van der Waals surface area (Å²) in [6, 6.07) is 1.83. The second-order valence-electron chi connectivity index (χ2n) is 5.64. The Balaban J connectivity index is 2.24. The Labute approximate surface area is 132 Å². The van der Waals surface area contributed by atoms with Crippen molar-refractivity contribution in [1.29, 1.82) is 0 Å². The Kier molecular flexibility index (Phi) is 3.66. The molecular formula is C16H17ClN4O. The van der Waals surface area contributed by atoms with Crippen molar-refractivity contribution in [3.05, 3.63) is 50.2 Å². The van der Waals surface area contributed by atoms with Crippen LogP contribution in [0.1, 0.15) is 19.4 Å². The quantitative estimate of drug-likeness (QED) is 0.752. The maximum absolute atomic E-state index is 12.3. The molecule has 22 heavy (non-hydrogen) atoms. The lowest BCUT2D eigenvalue weighted by Gasteiger charge is -1.92. The summed E-state index contributed by atoms with van der Waals surface area (Å²) in [7, 11) is 1.76. The SMILES string of the molecule is CC(C)/C=c1/[nH]/c(=C\c2c[nH]c3ncc(Cl)cc23)c(=O)n1C. The van der Waals surface area contributed by atoms with E-state index in [9.17, 15) is 4.79 Å². The van der Waals surface area contributed by atoms with E-state index < -0.39 is 0 Å². The highest BCUT2D eigenvalue weighted by Crippen LogP contribution is 2.20. The number of halogens is 1. The lowest BCUT2D eigenvalue weighted by molar-refractivity contribution is 0.806. The minimum absolute atomic E-state index is 0.0590. The highest BCUT2D eigenvalue weighted by Gasteiger charge is 2.05. The normalized spacial score (nSPS) is 13.7. The van der Waals surface area contributed by atoms with Gasteiger partial charge >= 0.3 is 0 Å². The van der Waals surface area contributed by atoms with Gasteiger partial charge in [-0.1, -0.05) is 25.4 Å². The molecule has 3 rings (SSSR count). The number of aromatic amines is 2. The van der Waals surface area contributed by atoms with Crippen LogP contribution in [-0.4, -0.2) is 19.5 Å². The third kappa shape index (κ3) is 2.60. The fourth-order valence-corrected chi connectivity index (χ4v) is 2.56. The van der Waals surface area contributed by atoms with Gasteiger partial charge in [0.15, 0.2) is 0 Å². The molecule has 3 aromatic rings. The van der Waals surface area contributed by atoms with Crippen LogP contribution in [0, 0.1) is 5.92 Å². The van der Waals surface area contributed by atoms with E-state index in [-0.39, 0.29) is 5.56 Å². The first-order valence-corrected chi connectivity index (χ1v) is 7.44. The number of fused-ring (bicyclic) bond motifs is 1. The van der Waals surface area contributed by atoms with Crippen LogP contribution >= 0.6 is 11.6 Å². The molecule has 5 nitrogen and oxygen atoms in total. The third-order valence-electron chi connectivity index (χ3n) is 3.48. The molecule has 0 unspecified atom stereocenters. The predicted octanol–water partition coefficient (Wildman–Crippen LogP) is 1.51. The summed E-state index contributed by atoms with van der Waals surface area (Å²) in [6.07, 6.45) is 7.25. The van der Waals surface area contributed by atoms with E-state index in [4.69, 9.17) is 11.6 Å². The Morgan fingerprint density at radius 1 is 1.41 bits per heavy atom. The minimum atomic E-state index is -0.0590. The van der Waals surface area contributed by atoms with Gasteiger partial charge in [0.2, 0.25) is 0 Å². The van der Waals surface area contributed by atoms with Crippen molar-refractivity contribution in [3.63, 3.8) is 0 Å². The second kappa shape index (κ2) is 5.50. The molecule has 6 heteroatoms. The standard InChI is InChI=1S/C16H17ClN4O/c1-9(2)4-14-20-13(16(22)21(14)3)5-10-7-18-15-12(10)6-11(17)8-19-15/h4-9,20H,1-3H3,(H,18,19)/b13-5-,14-4-. The van der Waals surface area contributed by atoms with Crippen molar-refractivity contribution >= 4 is 34.8 Å². The molecule has 0 aromatic carbocycles. The van der Waals surface area contributed by atoms with Crippen LogP contribution in [0.5, 0.6) is 0 Å². The largest absolute Gasteiger partial charge is 0.346 e. The molecule has 0 amide bonds. The van der Waals surface area contributed by atoms with E-state index in [0.29, 0.717) is 16.3 Å². The molecule has 2 N–H and O–H groups in total. The van der Waals surface area contributed by atoms with E-state index >= 15 is 0 Å². The van der Waals surface area contributed by atoms with Crippen LogP contribution in [0.3, 0.4) is 0 Å². The van der Waals surface area contributed by atoms with E-state index in [1.165, 1.54) is 0 Å². The van der Waals surface area contributed by atoms with Crippen molar-refractivity contribution < 1.29 is 0 Å². The summed E-state index contributed by atoms with van der Waals surface area (Å²) in [6.45, 7) is 4.14. The lowest BCUT2D eigenvalue weighted by atomic mass is 10.2. The number of hydrogen-bond acceptors (Lipinski definition) is 2. The zero-order valence-electron chi connectivity index (χ0n) is 12.6. The average molecular weight is 317 g/mol. The number of hydrogen-bond donors (Lipinski definition) is 2. The van der Waals surface area contributed by atoms with Gasteiger partial charge in [0.25, 0.3) is 5.56 Å². The van der Waals surface area contributed by atoms with Crippen LogP contribution < -0.4 is 16.4 Å². The molecule has 0 aliphatic rings. The molecule has 0 bridgehead atoms. The fourth-order valence-electron chi connectivity index (χ4n) is 2.41. The number of imidazole rings is 1. The van der Waals surface area contributed by atoms with E-state index in [1.807, 2.05) is 24.4 Å². The molecule has 0 atom stereocenters. The summed E-state index contributed by atoms with van der Waals surface area (Å²) in [4.78, 5) is 22.8. The average Bonchev–Trinajstić information content (AvgIpc) is 2.96. The molecule has 0 fully saturated rings. The molecular weight excluding hydrogens is 300 g/mol. The number of H-pyrrole nitrogens is 2. The summed E-state index contributed by atoms with van der Waals surface area (Å²) in [5.74, 6) is 0.355. The van der Waals surface area contributed by atoms with Crippen LogP contribution in [0.4, 0.5) is 0 Å². The van der Waals surface area contributed by atoms with Gasteiger partial charge < -0.3 is 9.97 Å². The predicted molar refractivity (Wildman–Crippen MR) is 89.3 cm³/mol. The van der Waals surface area contributed by atoms with Gasteiger partial charge in [0, 0.05) is 30.4 Å². The van der Waals surface area contributed by atoms with Crippen molar-refractivity contribution in [1.82, 2.24) is 19.5 Å². The van der Waals surface area contributed by atoms with Gasteiger partial charge in [-0.25, -0.2) is 4.98 Å². The zero-order chi connectivity index (χ0) is 15.9. The van der Waals surface area contributed by atoms with Crippen molar-refractivity contribution in [2.75, 3.05) is 0 Å². The maximum Gasteiger partial charge on any atom is 0.275 e. The van der Waals surface area contributed by atoms with E-state index in [1.54, 1.807) is 17.8 Å². The first-order valence-electron chi connectivity index (χ1n) is 7.07. The van der Waals surface area contributed by atoms with Gasteiger partial charge in [-0.3, -0.25) is 9.36 Å². The monoisotopic (exact) mass is 316 g/mol. The van der Waals surface area contributed by atoms with Gasteiger partial charge in [-0.15, -0.1) is 0 Å². The Hall–Kier alpha value is -2.27. The summed E-state index contributed by atoms with van der Waals surface area (Å²) in [5.41, 5.74) is 2.37. The van der Waals surface area contributed by atoms with Crippen LogP contribution in [0.15, 0.2) is 23.3 Å². The number of pyridine rings is 1. The highest BCUT2D eigenvalue weighted by molar-refractivity contribution is 6.31. The van der Waals surface area contributed by atoms with Crippen molar-refractivity contribution in [2.45, 2.75) is 13.8 Å². The van der Waals surface area contributed by atoms with Gasteiger partial charge in [0.05, 0.1) is 5.02 Å². The topological polar surface area (TPSA) is 66.5 Å². The van der Waals surface area contributed by atoms with Gasteiger partial charge in [-0.05, 0) is 24.1 Å². The maximum atomic E-state index is 12.3. The molecule has 3 aromatic heterocycles. The van der Waals surface area contributed by atoms with Gasteiger partial charge in [-0.2, -0.15) is 0 Å². The third-order valence-corrected chi connectivity index (χ3v) is 3.69. The Bertz CT molecular complexity index is 1010. The van der Waals surface area contributed by atoms with Crippen molar-refractivity contribution in [3.8, 4) is 0 Å². The highest BCUT2D eigenvalue weighted by atomic mass is 35.5. The molecule has 3 heterocycles. The minimum Gasteiger partial charge on any atom is -0.346 e. The molecule has 0 saturated carbocycles. The van der Waals surface area contributed by atoms with Crippen LogP contribution in [-0.2, 0) is 7.05 Å². The van der Waals surface area contributed by atoms with Gasteiger partial charge in [0.1, 0.15) is 16.5 Å². The molecule has 0 aliphatic heterocycles. The number of rotatable bonds is 2. The molecule has 0 radical (unpaired) electrons. The number of aromatic nitrogens is 4. The molecule has 0 spiro atoms. The van der Waals surface area contributed by atoms with E-state index in [2.05, 4.69) is 28.8 Å². The zero-order valence-corrected chi connectivity index (χ0v) is 13.4. The Morgan fingerprint density at radius 3 is 2.91 bits per heavy atom. The fraction of sp³-hybridized carbons (Fsp3) is 0.250. The summed E-state index contributed by atoms with van der Waals surface area (Å²) >= 11 is 6.00. The lowest BCUT2D eigenvalue weighted by Crippen LogP contribution is -2.29. The Morgan fingerprint density at radius 2 is 2.18 bits per heavy atom. The van der Waals surface area contributed by atoms with Crippen molar-refractivity contribution in [2.24, 2.45) is 13.0 Å². The van der Waals surface area contributed by atoms with Crippen LogP contribution in [0.2, 0.25) is 5.02 Å². The first kappa shape index (κ1) is 14.7. The first-order chi connectivity index (χ1) is 10.5. The number of nitrogens with one attached hydrogen (secondary N) is 2.